The molecule has 0 heterocycles. The first-order valence-electron chi connectivity index (χ1n) is 9.37. The summed E-state index contributed by atoms with van der Waals surface area (Å²) in [5, 5.41) is 12.0. The van der Waals surface area contributed by atoms with E-state index in [4.69, 9.17) is 0 Å². The van der Waals surface area contributed by atoms with Crippen molar-refractivity contribution in [2.24, 2.45) is 0 Å². The van der Waals surface area contributed by atoms with Crippen molar-refractivity contribution in [2.45, 2.75) is 25.3 Å². The van der Waals surface area contributed by atoms with Gasteiger partial charge < -0.3 is 10.4 Å². The molecule has 0 fully saturated rings. The van der Waals surface area contributed by atoms with E-state index < -0.39 is 29.7 Å². The summed E-state index contributed by atoms with van der Waals surface area (Å²) in [7, 11) is 0. The Morgan fingerprint density at radius 1 is 0.966 bits per heavy atom. The fraction of sp³-hybridized carbons (Fsp3) is 0.167. The number of amides is 1. The molecule has 4 nitrogen and oxygen atoms in total. The first kappa shape index (κ1) is 20.3. The minimum Gasteiger partial charge on any atom is -0.480 e. The average molecular weight is 391 g/mol. The average Bonchev–Trinajstić information content (AvgIpc) is 2.74. The molecule has 3 aromatic carbocycles. The highest BCUT2D eigenvalue weighted by Crippen LogP contribution is 2.26. The van der Waals surface area contributed by atoms with E-state index in [1.807, 2.05) is 60.7 Å². The summed E-state index contributed by atoms with van der Waals surface area (Å²) in [6.07, 6.45) is 0.177. The molecule has 0 aliphatic carbocycles. The number of nitrogens with one attached hydrogen (secondary N) is 1. The Balaban J connectivity index is 1.73. The van der Waals surface area contributed by atoms with E-state index in [1.54, 1.807) is 19.1 Å². The van der Waals surface area contributed by atoms with Crippen LogP contribution >= 0.6 is 0 Å². The lowest BCUT2D eigenvalue weighted by molar-refractivity contribution is -0.141. The fourth-order valence-corrected chi connectivity index (χ4v) is 3.15. The van der Waals surface area contributed by atoms with Crippen LogP contribution in [0.2, 0.25) is 0 Å². The van der Waals surface area contributed by atoms with Crippen molar-refractivity contribution in [1.82, 2.24) is 5.32 Å². The second-order valence-corrected chi connectivity index (χ2v) is 6.92. The van der Waals surface area contributed by atoms with Crippen LogP contribution in [0, 0.1) is 5.82 Å². The standard InChI is InChI=1S/C24H22FNO3/c1-16(19-12-13-20(21(25)15-19)18-10-6-3-7-11-18)23(27)26-22(24(28)29)14-17-8-4-2-5-9-17/h2-13,15-16,22H,14H2,1H3,(H,26,27)(H,28,29)/t16?,22-/m0/s1. The van der Waals surface area contributed by atoms with Crippen LogP contribution < -0.4 is 5.32 Å². The highest BCUT2D eigenvalue weighted by atomic mass is 19.1. The number of aliphatic carboxylic acids is 1. The molecule has 0 aliphatic rings. The van der Waals surface area contributed by atoms with Crippen molar-refractivity contribution >= 4 is 11.9 Å². The predicted octanol–water partition coefficient (Wildman–Crippen LogP) is 4.41. The van der Waals surface area contributed by atoms with Crippen LogP contribution in [-0.4, -0.2) is 23.0 Å². The number of carbonyl (C=O) groups excluding carboxylic acids is 1. The molecule has 5 heteroatoms. The van der Waals surface area contributed by atoms with Gasteiger partial charge in [0.1, 0.15) is 11.9 Å². The third-order valence-corrected chi connectivity index (χ3v) is 4.87. The zero-order valence-corrected chi connectivity index (χ0v) is 16.0. The van der Waals surface area contributed by atoms with Crippen molar-refractivity contribution in [2.75, 3.05) is 0 Å². The first-order chi connectivity index (χ1) is 14.0. The molecule has 0 saturated carbocycles. The van der Waals surface area contributed by atoms with Gasteiger partial charge in [-0.05, 0) is 29.7 Å². The Labute approximate surface area is 169 Å². The zero-order chi connectivity index (χ0) is 20.8. The molecule has 0 aliphatic heterocycles. The van der Waals surface area contributed by atoms with Crippen LogP contribution in [0.15, 0.2) is 78.9 Å². The highest BCUT2D eigenvalue weighted by molar-refractivity contribution is 5.88. The quantitative estimate of drug-likeness (QED) is 0.627. The Kier molecular flexibility index (Phi) is 6.39. The molecule has 3 rings (SSSR count). The van der Waals surface area contributed by atoms with E-state index in [9.17, 15) is 19.1 Å². The van der Waals surface area contributed by atoms with Crippen LogP contribution in [0.25, 0.3) is 11.1 Å². The molecular formula is C24H22FNO3. The maximum atomic E-state index is 14.6. The fourth-order valence-electron chi connectivity index (χ4n) is 3.15. The minimum atomic E-state index is -1.11. The van der Waals surface area contributed by atoms with E-state index in [1.165, 1.54) is 6.07 Å². The largest absolute Gasteiger partial charge is 0.480 e. The molecule has 29 heavy (non-hydrogen) atoms. The van der Waals surface area contributed by atoms with E-state index in [-0.39, 0.29) is 6.42 Å². The van der Waals surface area contributed by atoms with Gasteiger partial charge in [-0.15, -0.1) is 0 Å². The van der Waals surface area contributed by atoms with Crippen LogP contribution in [-0.2, 0) is 16.0 Å². The van der Waals surface area contributed by atoms with Crippen molar-refractivity contribution in [1.29, 1.82) is 0 Å². The van der Waals surface area contributed by atoms with E-state index in [2.05, 4.69) is 5.32 Å². The summed E-state index contributed by atoms with van der Waals surface area (Å²) in [6, 6.07) is 21.9. The number of carbonyl (C=O) groups is 2. The topological polar surface area (TPSA) is 66.4 Å². The van der Waals surface area contributed by atoms with Crippen LogP contribution in [0.3, 0.4) is 0 Å². The van der Waals surface area contributed by atoms with Crippen LogP contribution in [0.4, 0.5) is 4.39 Å². The number of hydrogen-bond acceptors (Lipinski definition) is 2. The van der Waals surface area contributed by atoms with Gasteiger partial charge in [0, 0.05) is 12.0 Å². The van der Waals surface area contributed by atoms with E-state index in [0.29, 0.717) is 11.1 Å². The van der Waals surface area contributed by atoms with Gasteiger partial charge in [0.2, 0.25) is 5.91 Å². The number of benzene rings is 3. The van der Waals surface area contributed by atoms with Gasteiger partial charge in [-0.2, -0.15) is 0 Å². The highest BCUT2D eigenvalue weighted by Gasteiger charge is 2.24. The summed E-state index contributed by atoms with van der Waals surface area (Å²) >= 11 is 0. The monoisotopic (exact) mass is 391 g/mol. The van der Waals surface area contributed by atoms with Gasteiger partial charge in [-0.25, -0.2) is 9.18 Å². The summed E-state index contributed by atoms with van der Waals surface area (Å²) in [5.41, 5.74) is 2.51. The molecule has 2 atom stereocenters. The van der Waals surface area contributed by atoms with E-state index in [0.717, 1.165) is 11.1 Å². The minimum absolute atomic E-state index is 0.177. The smallest absolute Gasteiger partial charge is 0.326 e. The van der Waals surface area contributed by atoms with Gasteiger partial charge in [0.15, 0.2) is 0 Å². The number of hydrogen-bond donors (Lipinski definition) is 2. The molecule has 0 spiro atoms. The van der Waals surface area contributed by atoms with Crippen LogP contribution in [0.5, 0.6) is 0 Å². The number of halogens is 1. The van der Waals surface area contributed by atoms with Crippen molar-refractivity contribution in [3.8, 4) is 11.1 Å². The predicted molar refractivity (Wildman–Crippen MR) is 110 cm³/mol. The van der Waals surface area contributed by atoms with Gasteiger partial charge in [-0.3, -0.25) is 4.79 Å². The number of carboxylic acids is 1. The summed E-state index contributed by atoms with van der Waals surface area (Å²) in [6.45, 7) is 1.63. The summed E-state index contributed by atoms with van der Waals surface area (Å²) < 4.78 is 14.6. The molecule has 0 radical (unpaired) electrons. The molecule has 148 valence electrons. The lowest BCUT2D eigenvalue weighted by atomic mass is 9.95. The molecule has 0 aromatic heterocycles. The van der Waals surface area contributed by atoms with Gasteiger partial charge in [0.25, 0.3) is 0 Å². The molecule has 0 bridgehead atoms. The second-order valence-electron chi connectivity index (χ2n) is 6.92. The maximum absolute atomic E-state index is 14.6. The van der Waals surface area contributed by atoms with Crippen molar-refractivity contribution in [3.63, 3.8) is 0 Å². The maximum Gasteiger partial charge on any atom is 0.326 e. The SMILES string of the molecule is CC(C(=O)N[C@@H](Cc1ccccc1)C(=O)O)c1ccc(-c2ccccc2)c(F)c1. The Morgan fingerprint density at radius 2 is 1.59 bits per heavy atom. The zero-order valence-electron chi connectivity index (χ0n) is 16.0. The summed E-state index contributed by atoms with van der Waals surface area (Å²) in [5.74, 6) is -2.68. The Bertz CT molecular complexity index is 990. The molecule has 1 unspecified atom stereocenters. The normalized spacial score (nSPS) is 12.8. The Morgan fingerprint density at radius 3 is 2.17 bits per heavy atom. The van der Waals surface area contributed by atoms with E-state index >= 15 is 0 Å². The third-order valence-electron chi connectivity index (χ3n) is 4.87. The van der Waals surface area contributed by atoms with Gasteiger partial charge in [-0.1, -0.05) is 72.8 Å². The molecule has 0 saturated heterocycles. The molecule has 1 amide bonds. The van der Waals surface area contributed by atoms with Crippen LogP contribution in [0.1, 0.15) is 24.0 Å². The van der Waals surface area contributed by atoms with Gasteiger partial charge >= 0.3 is 5.97 Å². The molecule has 3 aromatic rings. The molecule has 2 N–H and O–H groups in total. The number of rotatable bonds is 7. The summed E-state index contributed by atoms with van der Waals surface area (Å²) in [4.78, 5) is 24.2. The lowest BCUT2D eigenvalue weighted by Crippen LogP contribution is -2.44. The number of carboxylic acid groups (broad SMARTS) is 1. The lowest BCUT2D eigenvalue weighted by Gasteiger charge is -2.19. The van der Waals surface area contributed by atoms with Crippen molar-refractivity contribution < 1.29 is 19.1 Å². The third kappa shape index (κ3) is 5.08. The Hall–Kier alpha value is -3.47. The van der Waals surface area contributed by atoms with Gasteiger partial charge in [0.05, 0.1) is 5.92 Å². The van der Waals surface area contributed by atoms with Crippen molar-refractivity contribution in [3.05, 3.63) is 95.8 Å². The first-order valence-corrected chi connectivity index (χ1v) is 9.37. The second kappa shape index (κ2) is 9.15. The molecular weight excluding hydrogens is 369 g/mol.